The summed E-state index contributed by atoms with van der Waals surface area (Å²) in [6.45, 7) is 6.96. The molecule has 0 fully saturated rings. The van der Waals surface area contributed by atoms with Gasteiger partial charge in [-0.2, -0.15) is 5.57 Å². The molecule has 0 saturated heterocycles. The second-order valence-corrected chi connectivity index (χ2v) is 12.8. The molecule has 1 unspecified atom stereocenters. The van der Waals surface area contributed by atoms with Crippen LogP contribution in [-0.4, -0.2) is 9.52 Å². The predicted molar refractivity (Wildman–Crippen MR) is 157 cm³/mol. The number of unbranched alkanes of at least 4 members (excludes halogenated alkanes) is 15. The molecule has 0 radical (unpaired) electrons. The second kappa shape index (κ2) is 29.0. The third-order valence-electron chi connectivity index (χ3n) is 7.76. The summed E-state index contributed by atoms with van der Waals surface area (Å²) in [5.41, 5.74) is 3.11. The Morgan fingerprint density at radius 2 is 1.08 bits per heavy atom. The van der Waals surface area contributed by atoms with Gasteiger partial charge in [0.05, 0.1) is 0 Å². The van der Waals surface area contributed by atoms with Gasteiger partial charge in [-0.05, 0) is 9.52 Å². The smallest absolute Gasteiger partial charge is 1.00 e. The zero-order valence-electron chi connectivity index (χ0n) is 24.7. The van der Waals surface area contributed by atoms with Gasteiger partial charge in [0.25, 0.3) is 0 Å². The van der Waals surface area contributed by atoms with E-state index in [0.29, 0.717) is 5.92 Å². The van der Waals surface area contributed by atoms with E-state index in [1.54, 1.807) is 10.8 Å². The zero-order chi connectivity index (χ0) is 24.3. The van der Waals surface area contributed by atoms with Crippen molar-refractivity contribution in [1.29, 1.82) is 0 Å². The van der Waals surface area contributed by atoms with E-state index in [1.807, 2.05) is 5.20 Å². The van der Waals surface area contributed by atoms with Crippen LogP contribution in [0.5, 0.6) is 0 Å². The second-order valence-electron chi connectivity index (χ2n) is 10.9. The summed E-state index contributed by atoms with van der Waals surface area (Å²) >= 11 is 0. The average Bonchev–Trinajstić information content (AvgIpc) is 3.13. The Bertz CT molecular complexity index is 705. The van der Waals surface area contributed by atoms with Crippen LogP contribution in [0.3, 0.4) is 0 Å². The fourth-order valence-electron chi connectivity index (χ4n) is 5.68. The standard InChI is InChI=1S/C33H55Si.3ClH.Ti/c1-4-6-7-8-9-10-11-12-13-14-15-16-17-18-19-23-27-32-29(3)28-30(24-5-2)33(32)34-31-25-21-20-22-26-31;;;;/h20-22,25-26,32H,4-19,23-24,27,34H2,1-3H3;3*1H;/q-1;;;;+4/p-3. The summed E-state index contributed by atoms with van der Waals surface area (Å²) in [4.78, 5) is 0. The fourth-order valence-corrected chi connectivity index (χ4v) is 7.87. The molecule has 216 valence electrons. The van der Waals surface area contributed by atoms with E-state index < -0.39 is 0 Å². The van der Waals surface area contributed by atoms with Crippen LogP contribution in [0, 0.1) is 12.0 Å². The van der Waals surface area contributed by atoms with E-state index in [1.165, 1.54) is 128 Å². The third-order valence-corrected chi connectivity index (χ3v) is 9.94. The molecule has 1 aliphatic rings. The minimum atomic E-state index is -0.353. The van der Waals surface area contributed by atoms with Crippen LogP contribution < -0.4 is 42.4 Å². The molecule has 0 spiro atoms. The first kappa shape index (κ1) is 43.0. The number of allylic oxidation sites excluding steroid dienone is 4. The Kier molecular flexibility index (Phi) is 32.8. The summed E-state index contributed by atoms with van der Waals surface area (Å²) in [7, 11) is -0.353. The first-order valence-electron chi connectivity index (χ1n) is 15.1. The molecule has 0 aromatic heterocycles. The quantitative estimate of drug-likeness (QED) is 0.106. The van der Waals surface area contributed by atoms with Gasteiger partial charge in [0.2, 0.25) is 0 Å². The largest absolute Gasteiger partial charge is 4.00 e. The Labute approximate surface area is 273 Å². The van der Waals surface area contributed by atoms with Crippen LogP contribution in [0.25, 0.3) is 0 Å². The van der Waals surface area contributed by atoms with Crippen molar-refractivity contribution in [3.8, 4) is 0 Å². The third kappa shape index (κ3) is 18.8. The zero-order valence-corrected chi connectivity index (χ0v) is 30.0. The molecule has 5 heteroatoms. The van der Waals surface area contributed by atoms with E-state index in [9.17, 15) is 0 Å². The normalized spacial score (nSPS) is 14.5. The summed E-state index contributed by atoms with van der Waals surface area (Å²) in [6.07, 6.45) is 30.8. The monoisotopic (exact) mass is 632 g/mol. The van der Waals surface area contributed by atoms with Crippen LogP contribution in [0.2, 0.25) is 0 Å². The van der Waals surface area contributed by atoms with Gasteiger partial charge >= 0.3 is 21.7 Å². The van der Waals surface area contributed by atoms with Crippen molar-refractivity contribution in [1.82, 2.24) is 0 Å². The van der Waals surface area contributed by atoms with Crippen LogP contribution in [0.15, 0.2) is 46.7 Å². The summed E-state index contributed by atoms with van der Waals surface area (Å²) in [5, 5.41) is 3.41. The van der Waals surface area contributed by atoms with Crippen molar-refractivity contribution >= 4 is 14.7 Å². The fraction of sp³-hybridized carbons (Fsp3) is 0.697. The molecule has 1 aliphatic carbocycles. The number of hydrogen-bond acceptors (Lipinski definition) is 0. The van der Waals surface area contributed by atoms with Gasteiger partial charge in [-0.3, -0.25) is 0 Å². The van der Waals surface area contributed by atoms with Gasteiger partial charge in [-0.1, -0.05) is 184 Å². The molecule has 0 N–H and O–H groups in total. The van der Waals surface area contributed by atoms with E-state index in [2.05, 4.69) is 57.2 Å². The van der Waals surface area contributed by atoms with Crippen LogP contribution in [0.1, 0.15) is 143 Å². The Morgan fingerprint density at radius 3 is 1.53 bits per heavy atom. The van der Waals surface area contributed by atoms with Crippen molar-refractivity contribution < 1.29 is 58.9 Å². The number of rotatable bonds is 21. The molecule has 0 aliphatic heterocycles. The maximum Gasteiger partial charge on any atom is 4.00 e. The molecule has 1 aromatic rings. The minimum Gasteiger partial charge on any atom is -1.00 e. The van der Waals surface area contributed by atoms with Gasteiger partial charge in [0.1, 0.15) is 0 Å². The number of hydrogen-bond donors (Lipinski definition) is 0. The molecular weight excluding hydrogens is 579 g/mol. The molecule has 2 rings (SSSR count). The molecule has 1 aromatic carbocycles. The molecule has 38 heavy (non-hydrogen) atoms. The molecule has 1 atom stereocenters. The number of halogens is 3. The average molecular weight is 634 g/mol. The first-order valence-corrected chi connectivity index (χ1v) is 16.5. The SMILES string of the molecule is CCCCCCCCCCCCCCCCCCC1C(C)=[C-]C(CCC)=C1[SiH2]c1ccccc1.[Cl-].[Cl-].[Cl-].[Ti+4]. The van der Waals surface area contributed by atoms with Crippen LogP contribution in [-0.2, 0) is 21.7 Å². The van der Waals surface area contributed by atoms with Crippen LogP contribution in [0.4, 0.5) is 0 Å². The number of benzene rings is 1. The van der Waals surface area contributed by atoms with E-state index in [0.717, 1.165) is 0 Å². The van der Waals surface area contributed by atoms with Crippen molar-refractivity contribution in [3.05, 3.63) is 52.8 Å². The maximum absolute atomic E-state index is 3.81. The summed E-state index contributed by atoms with van der Waals surface area (Å²) in [6, 6.07) is 11.3. The summed E-state index contributed by atoms with van der Waals surface area (Å²) < 4.78 is 0. The Hall–Kier alpha value is 0.501. The van der Waals surface area contributed by atoms with Crippen molar-refractivity contribution in [2.24, 2.45) is 5.92 Å². The summed E-state index contributed by atoms with van der Waals surface area (Å²) in [5.74, 6) is 0.708. The van der Waals surface area contributed by atoms with Gasteiger partial charge in [-0.15, -0.1) is 0 Å². The van der Waals surface area contributed by atoms with Gasteiger partial charge in [0, 0.05) is 0 Å². The predicted octanol–water partition coefficient (Wildman–Crippen LogP) is 0.575. The maximum atomic E-state index is 3.81. The molecular formula is C33H55Cl3SiTi. The Morgan fingerprint density at radius 1 is 0.632 bits per heavy atom. The molecule has 0 bridgehead atoms. The molecule has 0 nitrogen and oxygen atoms in total. The van der Waals surface area contributed by atoms with E-state index in [4.69, 9.17) is 0 Å². The molecule has 0 saturated carbocycles. The minimum absolute atomic E-state index is 0. The topological polar surface area (TPSA) is 0 Å². The van der Waals surface area contributed by atoms with Crippen molar-refractivity contribution in [2.75, 3.05) is 0 Å². The van der Waals surface area contributed by atoms with Crippen LogP contribution >= 0.6 is 0 Å². The molecule has 0 heterocycles. The van der Waals surface area contributed by atoms with Gasteiger partial charge in [0.15, 0.2) is 0 Å². The van der Waals surface area contributed by atoms with Gasteiger partial charge in [-0.25, -0.2) is 16.8 Å². The van der Waals surface area contributed by atoms with Crippen molar-refractivity contribution in [3.63, 3.8) is 0 Å². The van der Waals surface area contributed by atoms with E-state index >= 15 is 0 Å². The van der Waals surface area contributed by atoms with Crippen molar-refractivity contribution in [2.45, 2.75) is 143 Å². The first-order chi connectivity index (χ1) is 16.8. The van der Waals surface area contributed by atoms with Gasteiger partial charge < -0.3 is 37.2 Å². The molecule has 0 amide bonds. The Balaban J connectivity index is -0.00000306. The van der Waals surface area contributed by atoms with E-state index in [-0.39, 0.29) is 68.5 Å².